The Labute approximate surface area is 109 Å². The van der Waals surface area contributed by atoms with E-state index >= 15 is 0 Å². The summed E-state index contributed by atoms with van der Waals surface area (Å²) in [5, 5.41) is 0. The van der Waals surface area contributed by atoms with Gasteiger partial charge in [0.05, 0.1) is 18.7 Å². The lowest BCUT2D eigenvalue weighted by Crippen LogP contribution is -2.56. The van der Waals surface area contributed by atoms with E-state index in [4.69, 9.17) is 4.74 Å². The number of hydrogen-bond donors (Lipinski definition) is 0. The van der Waals surface area contributed by atoms with Gasteiger partial charge in [0.25, 0.3) is 0 Å². The molecular formula is C15H21NO2. The van der Waals surface area contributed by atoms with Gasteiger partial charge in [-0.1, -0.05) is 37.3 Å². The topological polar surface area (TPSA) is 29.5 Å². The Hall–Kier alpha value is -1.35. The van der Waals surface area contributed by atoms with Gasteiger partial charge in [-0.2, -0.15) is 0 Å². The van der Waals surface area contributed by atoms with E-state index in [0.717, 1.165) is 5.56 Å². The highest BCUT2D eigenvalue weighted by Crippen LogP contribution is 2.30. The standard InChI is InChI=1S/C15H21NO2/c1-4-14(17)16-10-13(18-11-15(16,2)3)12-8-6-5-7-9-12/h5-9,13H,4,10-11H2,1-3H3/t13-/m1/s1. The summed E-state index contributed by atoms with van der Waals surface area (Å²) in [7, 11) is 0. The molecule has 0 N–H and O–H groups in total. The van der Waals surface area contributed by atoms with Crippen molar-refractivity contribution >= 4 is 5.91 Å². The third-order valence-corrected chi connectivity index (χ3v) is 3.49. The summed E-state index contributed by atoms with van der Waals surface area (Å²) in [4.78, 5) is 14.0. The molecule has 0 saturated carbocycles. The molecular weight excluding hydrogens is 226 g/mol. The van der Waals surface area contributed by atoms with Crippen molar-refractivity contribution in [3.8, 4) is 0 Å². The van der Waals surface area contributed by atoms with E-state index in [1.54, 1.807) is 0 Å². The first-order valence-corrected chi connectivity index (χ1v) is 6.51. The molecule has 0 aliphatic carbocycles. The van der Waals surface area contributed by atoms with Crippen LogP contribution in [0.25, 0.3) is 0 Å². The molecule has 1 aliphatic rings. The van der Waals surface area contributed by atoms with Crippen molar-refractivity contribution in [1.82, 2.24) is 4.90 Å². The minimum Gasteiger partial charge on any atom is -0.369 e. The van der Waals surface area contributed by atoms with Crippen LogP contribution in [0.3, 0.4) is 0 Å². The third kappa shape index (κ3) is 2.56. The second-order valence-corrected chi connectivity index (χ2v) is 5.38. The zero-order valence-electron chi connectivity index (χ0n) is 11.3. The largest absolute Gasteiger partial charge is 0.369 e. The van der Waals surface area contributed by atoms with Gasteiger partial charge >= 0.3 is 0 Å². The molecule has 1 heterocycles. The Morgan fingerprint density at radius 2 is 2.06 bits per heavy atom. The van der Waals surface area contributed by atoms with Crippen LogP contribution in [0.2, 0.25) is 0 Å². The maximum absolute atomic E-state index is 12.0. The molecule has 1 saturated heterocycles. The maximum atomic E-state index is 12.0. The van der Waals surface area contributed by atoms with Crippen LogP contribution >= 0.6 is 0 Å². The van der Waals surface area contributed by atoms with Gasteiger partial charge in [0.15, 0.2) is 0 Å². The van der Waals surface area contributed by atoms with Gasteiger partial charge in [0.2, 0.25) is 5.91 Å². The second-order valence-electron chi connectivity index (χ2n) is 5.38. The highest BCUT2D eigenvalue weighted by molar-refractivity contribution is 5.76. The Bertz CT molecular complexity index is 414. The van der Waals surface area contributed by atoms with E-state index in [0.29, 0.717) is 19.6 Å². The predicted octanol–water partition coefficient (Wildman–Crippen LogP) is 2.78. The second kappa shape index (κ2) is 5.11. The van der Waals surface area contributed by atoms with Crippen molar-refractivity contribution in [2.75, 3.05) is 13.2 Å². The van der Waals surface area contributed by atoms with Crippen LogP contribution in [-0.4, -0.2) is 29.5 Å². The average molecular weight is 247 g/mol. The van der Waals surface area contributed by atoms with Crippen molar-refractivity contribution in [3.63, 3.8) is 0 Å². The number of carbonyl (C=O) groups excluding carboxylic acids is 1. The summed E-state index contributed by atoms with van der Waals surface area (Å²) in [6, 6.07) is 10.1. The number of morpholine rings is 1. The first-order chi connectivity index (χ1) is 8.54. The molecule has 1 atom stereocenters. The molecule has 1 aromatic rings. The van der Waals surface area contributed by atoms with Crippen LogP contribution in [0.5, 0.6) is 0 Å². The van der Waals surface area contributed by atoms with E-state index in [1.165, 1.54) is 0 Å². The predicted molar refractivity (Wildman–Crippen MR) is 71.2 cm³/mol. The zero-order valence-corrected chi connectivity index (χ0v) is 11.3. The first-order valence-electron chi connectivity index (χ1n) is 6.51. The van der Waals surface area contributed by atoms with Crippen LogP contribution in [0.15, 0.2) is 30.3 Å². The lowest BCUT2D eigenvalue weighted by Gasteiger charge is -2.45. The van der Waals surface area contributed by atoms with Crippen molar-refractivity contribution in [3.05, 3.63) is 35.9 Å². The quantitative estimate of drug-likeness (QED) is 0.804. The molecule has 0 unspecified atom stereocenters. The van der Waals surface area contributed by atoms with Crippen molar-refractivity contribution in [2.24, 2.45) is 0 Å². The van der Waals surface area contributed by atoms with Crippen LogP contribution in [0, 0.1) is 0 Å². The molecule has 1 amide bonds. The number of carbonyl (C=O) groups is 1. The molecule has 0 aromatic heterocycles. The van der Waals surface area contributed by atoms with Gasteiger partial charge < -0.3 is 9.64 Å². The Kier molecular flexibility index (Phi) is 3.71. The molecule has 3 heteroatoms. The molecule has 2 rings (SSSR count). The smallest absolute Gasteiger partial charge is 0.222 e. The fourth-order valence-electron chi connectivity index (χ4n) is 2.35. The van der Waals surface area contributed by atoms with E-state index in [1.807, 2.05) is 30.0 Å². The number of amides is 1. The average Bonchev–Trinajstić information content (AvgIpc) is 2.38. The fraction of sp³-hybridized carbons (Fsp3) is 0.533. The Balaban J connectivity index is 2.17. The van der Waals surface area contributed by atoms with Crippen molar-refractivity contribution in [2.45, 2.75) is 38.8 Å². The fourth-order valence-corrected chi connectivity index (χ4v) is 2.35. The van der Waals surface area contributed by atoms with Crippen LogP contribution < -0.4 is 0 Å². The van der Waals surface area contributed by atoms with Crippen molar-refractivity contribution in [1.29, 1.82) is 0 Å². The summed E-state index contributed by atoms with van der Waals surface area (Å²) in [5.41, 5.74) is 0.931. The van der Waals surface area contributed by atoms with E-state index in [9.17, 15) is 4.79 Å². The van der Waals surface area contributed by atoms with Gasteiger partial charge in [-0.05, 0) is 19.4 Å². The highest BCUT2D eigenvalue weighted by atomic mass is 16.5. The monoisotopic (exact) mass is 247 g/mol. The van der Waals surface area contributed by atoms with E-state index in [-0.39, 0.29) is 17.6 Å². The SMILES string of the molecule is CCC(=O)N1C[C@H](c2ccccc2)OCC1(C)C. The molecule has 1 fully saturated rings. The van der Waals surface area contributed by atoms with Gasteiger partial charge in [0, 0.05) is 6.42 Å². The number of ether oxygens (including phenoxy) is 1. The minimum absolute atomic E-state index is 0.00488. The normalized spacial score (nSPS) is 22.8. The summed E-state index contributed by atoms with van der Waals surface area (Å²) in [6.45, 7) is 7.25. The van der Waals surface area contributed by atoms with Crippen LogP contribution in [0.4, 0.5) is 0 Å². The highest BCUT2D eigenvalue weighted by Gasteiger charge is 2.37. The summed E-state index contributed by atoms with van der Waals surface area (Å²) < 4.78 is 5.91. The zero-order chi connectivity index (χ0) is 13.2. The number of benzene rings is 1. The third-order valence-electron chi connectivity index (χ3n) is 3.49. The number of hydrogen-bond acceptors (Lipinski definition) is 2. The lowest BCUT2D eigenvalue weighted by molar-refractivity contribution is -0.154. The molecule has 1 aromatic carbocycles. The minimum atomic E-state index is -0.210. The Morgan fingerprint density at radius 3 is 2.67 bits per heavy atom. The van der Waals surface area contributed by atoms with E-state index < -0.39 is 0 Å². The van der Waals surface area contributed by atoms with Gasteiger partial charge in [-0.25, -0.2) is 0 Å². The van der Waals surface area contributed by atoms with E-state index in [2.05, 4.69) is 26.0 Å². The lowest BCUT2D eigenvalue weighted by atomic mass is 9.97. The van der Waals surface area contributed by atoms with Crippen LogP contribution in [-0.2, 0) is 9.53 Å². The number of nitrogens with zero attached hydrogens (tertiary/aromatic N) is 1. The molecule has 0 spiro atoms. The van der Waals surface area contributed by atoms with Crippen molar-refractivity contribution < 1.29 is 9.53 Å². The van der Waals surface area contributed by atoms with Crippen LogP contribution in [0.1, 0.15) is 38.9 Å². The molecule has 98 valence electrons. The number of rotatable bonds is 2. The summed E-state index contributed by atoms with van der Waals surface area (Å²) in [6.07, 6.45) is 0.542. The molecule has 18 heavy (non-hydrogen) atoms. The maximum Gasteiger partial charge on any atom is 0.222 e. The first kappa shape index (κ1) is 13.1. The van der Waals surface area contributed by atoms with Gasteiger partial charge in [-0.3, -0.25) is 4.79 Å². The Morgan fingerprint density at radius 1 is 1.39 bits per heavy atom. The summed E-state index contributed by atoms with van der Waals surface area (Å²) >= 11 is 0. The molecule has 3 nitrogen and oxygen atoms in total. The summed E-state index contributed by atoms with van der Waals surface area (Å²) in [5.74, 6) is 0.198. The molecule has 0 radical (unpaired) electrons. The van der Waals surface area contributed by atoms with Gasteiger partial charge in [0.1, 0.15) is 6.10 Å². The van der Waals surface area contributed by atoms with Gasteiger partial charge in [-0.15, -0.1) is 0 Å². The molecule has 1 aliphatic heterocycles. The molecule has 0 bridgehead atoms.